The van der Waals surface area contributed by atoms with Gasteiger partial charge in [0.25, 0.3) is 0 Å². The minimum absolute atomic E-state index is 0.314. The number of hydrogen-bond donors (Lipinski definition) is 1. The van der Waals surface area contributed by atoms with Crippen molar-refractivity contribution in [2.45, 2.75) is 19.3 Å². The largest absolute Gasteiger partial charge is 0.454 e. The van der Waals surface area contributed by atoms with Gasteiger partial charge in [0.2, 0.25) is 6.79 Å². The molecule has 2 aliphatic rings. The molecule has 2 heterocycles. The zero-order valence-corrected chi connectivity index (χ0v) is 10.4. The molecule has 1 N–H and O–H groups in total. The van der Waals surface area contributed by atoms with Crippen molar-refractivity contribution < 1.29 is 9.47 Å². The van der Waals surface area contributed by atoms with E-state index in [0.717, 1.165) is 41.6 Å². The van der Waals surface area contributed by atoms with E-state index in [9.17, 15) is 0 Å². The van der Waals surface area contributed by atoms with Crippen molar-refractivity contribution in [3.63, 3.8) is 0 Å². The van der Waals surface area contributed by atoms with Crippen LogP contribution in [-0.4, -0.2) is 19.9 Å². The standard InChI is InChI=1S/C13H16ClNO2/c14-11-1-2-12-13(17-8-16-12)10(11)7-9-3-5-15-6-4-9/h1-2,9,15H,3-8H2. The van der Waals surface area contributed by atoms with Crippen LogP contribution in [0.5, 0.6) is 11.5 Å². The Morgan fingerprint density at radius 2 is 2.06 bits per heavy atom. The molecule has 1 aromatic rings. The molecule has 0 spiro atoms. The predicted molar refractivity (Wildman–Crippen MR) is 66.9 cm³/mol. The Bertz CT molecular complexity index is 416. The fourth-order valence-corrected chi connectivity index (χ4v) is 2.80. The van der Waals surface area contributed by atoms with Crippen LogP contribution in [0, 0.1) is 5.92 Å². The fourth-order valence-electron chi connectivity index (χ4n) is 2.57. The van der Waals surface area contributed by atoms with Crippen molar-refractivity contribution >= 4 is 11.6 Å². The van der Waals surface area contributed by atoms with Crippen molar-refractivity contribution in [3.05, 3.63) is 22.7 Å². The molecule has 3 nitrogen and oxygen atoms in total. The smallest absolute Gasteiger partial charge is 0.231 e. The van der Waals surface area contributed by atoms with E-state index >= 15 is 0 Å². The molecule has 4 heteroatoms. The van der Waals surface area contributed by atoms with Crippen molar-refractivity contribution in [2.24, 2.45) is 5.92 Å². The molecule has 92 valence electrons. The van der Waals surface area contributed by atoms with Gasteiger partial charge in [-0.25, -0.2) is 0 Å². The average molecular weight is 254 g/mol. The lowest BCUT2D eigenvalue weighted by molar-refractivity contribution is 0.173. The Labute approximate surface area is 106 Å². The van der Waals surface area contributed by atoms with E-state index in [1.165, 1.54) is 12.8 Å². The molecule has 0 bridgehead atoms. The van der Waals surface area contributed by atoms with Gasteiger partial charge in [0.05, 0.1) is 0 Å². The molecule has 0 atom stereocenters. The summed E-state index contributed by atoms with van der Waals surface area (Å²) in [6.45, 7) is 2.53. The van der Waals surface area contributed by atoms with E-state index < -0.39 is 0 Å². The third-order valence-electron chi connectivity index (χ3n) is 3.54. The molecular formula is C13H16ClNO2. The molecule has 0 aromatic heterocycles. The van der Waals surface area contributed by atoms with E-state index in [4.69, 9.17) is 21.1 Å². The summed E-state index contributed by atoms with van der Waals surface area (Å²) in [7, 11) is 0. The Morgan fingerprint density at radius 1 is 1.24 bits per heavy atom. The quantitative estimate of drug-likeness (QED) is 0.879. The van der Waals surface area contributed by atoms with Gasteiger partial charge in [0, 0.05) is 10.6 Å². The molecule has 0 amide bonds. The average Bonchev–Trinajstić information content (AvgIpc) is 2.83. The van der Waals surface area contributed by atoms with Crippen molar-refractivity contribution in [1.82, 2.24) is 5.32 Å². The zero-order valence-electron chi connectivity index (χ0n) is 9.67. The van der Waals surface area contributed by atoms with Crippen molar-refractivity contribution in [3.8, 4) is 11.5 Å². The van der Waals surface area contributed by atoms with Gasteiger partial charge < -0.3 is 14.8 Å². The molecular weight excluding hydrogens is 238 g/mol. The van der Waals surface area contributed by atoms with Crippen LogP contribution in [-0.2, 0) is 6.42 Å². The first-order chi connectivity index (χ1) is 8.34. The van der Waals surface area contributed by atoms with E-state index in [0.29, 0.717) is 12.7 Å². The highest BCUT2D eigenvalue weighted by Gasteiger charge is 2.23. The number of hydrogen-bond acceptors (Lipinski definition) is 3. The molecule has 1 saturated heterocycles. The Hall–Kier alpha value is -0.930. The highest BCUT2D eigenvalue weighted by Crippen LogP contribution is 2.41. The van der Waals surface area contributed by atoms with Gasteiger partial charge in [-0.05, 0) is 50.4 Å². The maximum atomic E-state index is 6.28. The number of nitrogens with one attached hydrogen (secondary N) is 1. The SMILES string of the molecule is Clc1ccc2c(c1CC1CCNCC1)OCO2. The molecule has 3 rings (SSSR count). The summed E-state index contributed by atoms with van der Waals surface area (Å²) in [4.78, 5) is 0. The summed E-state index contributed by atoms with van der Waals surface area (Å²) < 4.78 is 10.9. The molecule has 2 aliphatic heterocycles. The second kappa shape index (κ2) is 4.75. The van der Waals surface area contributed by atoms with E-state index in [1.54, 1.807) is 0 Å². The van der Waals surface area contributed by atoms with Crippen LogP contribution >= 0.6 is 11.6 Å². The van der Waals surface area contributed by atoms with Crippen LogP contribution in [0.3, 0.4) is 0 Å². The lowest BCUT2D eigenvalue weighted by Gasteiger charge is -2.23. The number of piperidine rings is 1. The van der Waals surface area contributed by atoms with Crippen LogP contribution in [0.15, 0.2) is 12.1 Å². The van der Waals surface area contributed by atoms with E-state index in [2.05, 4.69) is 5.32 Å². The molecule has 1 fully saturated rings. The van der Waals surface area contributed by atoms with Gasteiger partial charge in [0.15, 0.2) is 11.5 Å². The third-order valence-corrected chi connectivity index (χ3v) is 3.89. The second-order valence-corrected chi connectivity index (χ2v) is 5.06. The predicted octanol–water partition coefficient (Wildman–Crippen LogP) is 2.61. The van der Waals surface area contributed by atoms with Crippen LogP contribution in [0.1, 0.15) is 18.4 Å². The fraction of sp³-hybridized carbons (Fsp3) is 0.538. The summed E-state index contributed by atoms with van der Waals surface area (Å²) in [5.41, 5.74) is 1.12. The summed E-state index contributed by atoms with van der Waals surface area (Å²) in [6.07, 6.45) is 3.41. The van der Waals surface area contributed by atoms with Gasteiger partial charge in [-0.3, -0.25) is 0 Å². The maximum absolute atomic E-state index is 6.28. The van der Waals surface area contributed by atoms with Crippen molar-refractivity contribution in [1.29, 1.82) is 0 Å². The monoisotopic (exact) mass is 253 g/mol. The Balaban J connectivity index is 1.84. The lowest BCUT2D eigenvalue weighted by Crippen LogP contribution is -2.28. The van der Waals surface area contributed by atoms with Gasteiger partial charge in [-0.1, -0.05) is 11.6 Å². The Kier molecular flexibility index (Phi) is 3.12. The highest BCUT2D eigenvalue weighted by atomic mass is 35.5. The second-order valence-electron chi connectivity index (χ2n) is 4.66. The molecule has 1 aromatic carbocycles. The van der Waals surface area contributed by atoms with E-state index in [-0.39, 0.29) is 0 Å². The minimum atomic E-state index is 0.314. The zero-order chi connectivity index (χ0) is 11.7. The van der Waals surface area contributed by atoms with Gasteiger partial charge >= 0.3 is 0 Å². The van der Waals surface area contributed by atoms with Crippen molar-refractivity contribution in [2.75, 3.05) is 19.9 Å². The van der Waals surface area contributed by atoms with Gasteiger partial charge in [-0.15, -0.1) is 0 Å². The number of halogens is 1. The number of rotatable bonds is 2. The molecule has 0 radical (unpaired) electrons. The molecule has 0 aliphatic carbocycles. The Morgan fingerprint density at radius 3 is 2.88 bits per heavy atom. The van der Waals surface area contributed by atoms with Crippen LogP contribution in [0.2, 0.25) is 5.02 Å². The van der Waals surface area contributed by atoms with Crippen LogP contribution in [0.25, 0.3) is 0 Å². The normalized spacial score (nSPS) is 19.6. The summed E-state index contributed by atoms with van der Waals surface area (Å²) in [6, 6.07) is 3.79. The number of fused-ring (bicyclic) bond motifs is 1. The van der Waals surface area contributed by atoms with E-state index in [1.807, 2.05) is 12.1 Å². The number of benzene rings is 1. The summed E-state index contributed by atoms with van der Waals surface area (Å²) >= 11 is 6.28. The van der Waals surface area contributed by atoms with Crippen LogP contribution < -0.4 is 14.8 Å². The molecule has 17 heavy (non-hydrogen) atoms. The first kappa shape index (κ1) is 11.2. The topological polar surface area (TPSA) is 30.5 Å². The van der Waals surface area contributed by atoms with Crippen LogP contribution in [0.4, 0.5) is 0 Å². The highest BCUT2D eigenvalue weighted by molar-refractivity contribution is 6.31. The lowest BCUT2D eigenvalue weighted by atomic mass is 9.90. The van der Waals surface area contributed by atoms with Gasteiger partial charge in [0.1, 0.15) is 0 Å². The summed E-state index contributed by atoms with van der Waals surface area (Å²) in [5, 5.41) is 4.18. The minimum Gasteiger partial charge on any atom is -0.454 e. The summed E-state index contributed by atoms with van der Waals surface area (Å²) in [5.74, 6) is 2.39. The molecule has 0 unspecified atom stereocenters. The maximum Gasteiger partial charge on any atom is 0.231 e. The van der Waals surface area contributed by atoms with Gasteiger partial charge in [-0.2, -0.15) is 0 Å². The first-order valence-corrected chi connectivity index (χ1v) is 6.50. The third kappa shape index (κ3) is 2.22. The number of ether oxygens (including phenoxy) is 2. The molecule has 0 saturated carbocycles. The first-order valence-electron chi connectivity index (χ1n) is 6.12.